The number of rotatable bonds is 4. The minimum Gasteiger partial charge on any atom is -0.497 e. The molecule has 1 heterocycles. The summed E-state index contributed by atoms with van der Waals surface area (Å²) in [5.74, 6) is 0.0954. The number of benzene rings is 2. The molecule has 0 radical (unpaired) electrons. The Morgan fingerprint density at radius 2 is 2.08 bits per heavy atom. The number of fused-ring (bicyclic) bond motifs is 1. The van der Waals surface area contributed by atoms with Crippen LogP contribution in [-0.2, 0) is 0 Å². The molecule has 0 fully saturated rings. The molecule has 0 spiro atoms. The second kappa shape index (κ2) is 6.79. The van der Waals surface area contributed by atoms with Crippen LogP contribution in [0.2, 0.25) is 5.02 Å². The normalized spacial score (nSPS) is 12.2. The third-order valence-corrected chi connectivity index (χ3v) is 5.40. The van der Waals surface area contributed by atoms with Gasteiger partial charge in [-0.3, -0.25) is 4.79 Å². The summed E-state index contributed by atoms with van der Waals surface area (Å²) in [6.45, 7) is 1.88. The third kappa shape index (κ3) is 3.23. The Hall–Kier alpha value is -2.11. The van der Waals surface area contributed by atoms with E-state index in [1.807, 2.05) is 31.2 Å². The quantitative estimate of drug-likeness (QED) is 0.692. The predicted molar refractivity (Wildman–Crippen MR) is 95.7 cm³/mol. The number of hydrogen-bond donors (Lipinski definition) is 1. The van der Waals surface area contributed by atoms with Crippen molar-refractivity contribution in [2.45, 2.75) is 13.0 Å². The van der Waals surface area contributed by atoms with Crippen LogP contribution >= 0.6 is 22.9 Å². The van der Waals surface area contributed by atoms with E-state index in [2.05, 4.69) is 5.32 Å². The van der Waals surface area contributed by atoms with Crippen molar-refractivity contribution >= 4 is 38.9 Å². The lowest BCUT2D eigenvalue weighted by Crippen LogP contribution is -2.26. The van der Waals surface area contributed by atoms with Crippen LogP contribution in [0.15, 0.2) is 42.5 Å². The molecular formula is C18H15ClFNO2S. The first kappa shape index (κ1) is 16.7. The predicted octanol–water partition coefficient (Wildman–Crippen LogP) is 5.19. The SMILES string of the molecule is COc1cccc([C@H](C)NC(=O)c2sc3cc(F)ccc3c2Cl)c1. The first-order valence-corrected chi connectivity index (χ1v) is 8.51. The molecule has 1 amide bonds. The van der Waals surface area contributed by atoms with Crippen molar-refractivity contribution in [3.8, 4) is 5.75 Å². The van der Waals surface area contributed by atoms with Gasteiger partial charge >= 0.3 is 0 Å². The number of thiophene rings is 1. The maximum atomic E-state index is 13.3. The molecule has 3 rings (SSSR count). The largest absolute Gasteiger partial charge is 0.497 e. The molecular weight excluding hydrogens is 349 g/mol. The van der Waals surface area contributed by atoms with Crippen molar-refractivity contribution in [3.63, 3.8) is 0 Å². The Balaban J connectivity index is 1.85. The summed E-state index contributed by atoms with van der Waals surface area (Å²) < 4.78 is 19.2. The van der Waals surface area contributed by atoms with Gasteiger partial charge in [0.2, 0.25) is 0 Å². The van der Waals surface area contributed by atoms with Crippen LogP contribution in [0.25, 0.3) is 10.1 Å². The first-order valence-electron chi connectivity index (χ1n) is 7.32. The molecule has 6 heteroatoms. The molecule has 0 aliphatic rings. The van der Waals surface area contributed by atoms with Gasteiger partial charge in [-0.25, -0.2) is 4.39 Å². The van der Waals surface area contributed by atoms with Gasteiger partial charge in [0.25, 0.3) is 5.91 Å². The van der Waals surface area contributed by atoms with Gasteiger partial charge in [-0.05, 0) is 42.8 Å². The van der Waals surface area contributed by atoms with Crippen LogP contribution in [0, 0.1) is 5.82 Å². The molecule has 0 saturated heterocycles. The van der Waals surface area contributed by atoms with E-state index in [0.717, 1.165) is 11.3 Å². The topological polar surface area (TPSA) is 38.3 Å². The molecule has 1 atom stereocenters. The van der Waals surface area contributed by atoms with Crippen LogP contribution < -0.4 is 10.1 Å². The van der Waals surface area contributed by atoms with Crippen LogP contribution in [0.3, 0.4) is 0 Å². The smallest absolute Gasteiger partial charge is 0.263 e. The number of ether oxygens (including phenoxy) is 1. The lowest BCUT2D eigenvalue weighted by atomic mass is 10.1. The van der Waals surface area contributed by atoms with Crippen molar-refractivity contribution in [2.75, 3.05) is 7.11 Å². The Labute approximate surface area is 148 Å². The third-order valence-electron chi connectivity index (χ3n) is 3.74. The highest BCUT2D eigenvalue weighted by atomic mass is 35.5. The Bertz CT molecular complexity index is 909. The summed E-state index contributed by atoms with van der Waals surface area (Å²) in [7, 11) is 1.60. The first-order chi connectivity index (χ1) is 11.5. The Kier molecular flexibility index (Phi) is 4.73. The summed E-state index contributed by atoms with van der Waals surface area (Å²) in [6, 6.07) is 11.6. The van der Waals surface area contributed by atoms with Crippen molar-refractivity contribution in [1.29, 1.82) is 0 Å². The van der Waals surface area contributed by atoms with Gasteiger partial charge in [-0.15, -0.1) is 11.3 Å². The minimum atomic E-state index is -0.350. The molecule has 124 valence electrons. The highest BCUT2D eigenvalue weighted by molar-refractivity contribution is 7.21. The van der Waals surface area contributed by atoms with E-state index in [-0.39, 0.29) is 17.8 Å². The number of nitrogens with one attached hydrogen (secondary N) is 1. The number of carbonyl (C=O) groups is 1. The van der Waals surface area contributed by atoms with Gasteiger partial charge in [0.1, 0.15) is 16.4 Å². The average Bonchev–Trinajstić information content (AvgIpc) is 2.91. The molecule has 0 saturated carbocycles. The van der Waals surface area contributed by atoms with E-state index >= 15 is 0 Å². The number of amides is 1. The molecule has 1 aromatic heterocycles. The van der Waals surface area contributed by atoms with E-state index in [1.165, 1.54) is 23.5 Å². The number of halogens is 2. The van der Waals surface area contributed by atoms with Gasteiger partial charge in [-0.1, -0.05) is 23.7 Å². The van der Waals surface area contributed by atoms with E-state index in [0.29, 0.717) is 20.0 Å². The molecule has 0 unspecified atom stereocenters. The molecule has 1 N–H and O–H groups in total. The molecule has 2 aromatic carbocycles. The van der Waals surface area contributed by atoms with E-state index in [1.54, 1.807) is 13.2 Å². The lowest BCUT2D eigenvalue weighted by molar-refractivity contribution is 0.0944. The second-order valence-electron chi connectivity index (χ2n) is 5.36. The summed E-state index contributed by atoms with van der Waals surface area (Å²) in [5, 5.41) is 3.95. The summed E-state index contributed by atoms with van der Waals surface area (Å²) >= 11 is 7.47. The Morgan fingerprint density at radius 1 is 1.29 bits per heavy atom. The highest BCUT2D eigenvalue weighted by Gasteiger charge is 2.19. The van der Waals surface area contributed by atoms with E-state index in [4.69, 9.17) is 16.3 Å². The minimum absolute atomic E-state index is 0.217. The summed E-state index contributed by atoms with van der Waals surface area (Å²) in [5.41, 5.74) is 0.922. The van der Waals surface area contributed by atoms with Crippen LogP contribution in [0.1, 0.15) is 28.2 Å². The lowest BCUT2D eigenvalue weighted by Gasteiger charge is -2.14. The summed E-state index contributed by atoms with van der Waals surface area (Å²) in [6.07, 6.45) is 0. The molecule has 3 nitrogen and oxygen atoms in total. The van der Waals surface area contributed by atoms with Crippen LogP contribution in [0.4, 0.5) is 4.39 Å². The molecule has 0 bridgehead atoms. The fourth-order valence-electron chi connectivity index (χ4n) is 2.44. The zero-order valence-electron chi connectivity index (χ0n) is 13.1. The van der Waals surface area contributed by atoms with E-state index in [9.17, 15) is 9.18 Å². The monoisotopic (exact) mass is 363 g/mol. The Morgan fingerprint density at radius 3 is 2.83 bits per heavy atom. The van der Waals surface area contributed by atoms with Crippen molar-refractivity contribution in [1.82, 2.24) is 5.32 Å². The van der Waals surface area contributed by atoms with Crippen molar-refractivity contribution < 1.29 is 13.9 Å². The van der Waals surface area contributed by atoms with Gasteiger partial charge < -0.3 is 10.1 Å². The zero-order chi connectivity index (χ0) is 17.3. The van der Waals surface area contributed by atoms with Gasteiger partial charge in [0.05, 0.1) is 18.2 Å². The summed E-state index contributed by atoms with van der Waals surface area (Å²) in [4.78, 5) is 12.9. The molecule has 24 heavy (non-hydrogen) atoms. The maximum Gasteiger partial charge on any atom is 0.263 e. The molecule has 0 aliphatic carbocycles. The van der Waals surface area contributed by atoms with Crippen molar-refractivity contribution in [2.24, 2.45) is 0 Å². The number of methoxy groups -OCH3 is 1. The maximum absolute atomic E-state index is 13.3. The van der Waals surface area contributed by atoms with Crippen LogP contribution in [0.5, 0.6) is 5.75 Å². The van der Waals surface area contributed by atoms with Crippen LogP contribution in [-0.4, -0.2) is 13.0 Å². The number of hydrogen-bond acceptors (Lipinski definition) is 3. The average molecular weight is 364 g/mol. The highest BCUT2D eigenvalue weighted by Crippen LogP contribution is 2.36. The fraction of sp³-hybridized carbons (Fsp3) is 0.167. The standard InChI is InChI=1S/C18H15ClFNO2S/c1-10(11-4-3-5-13(8-11)23-2)21-18(22)17-16(19)14-7-6-12(20)9-15(14)24-17/h3-10H,1-2H3,(H,21,22)/t10-/m0/s1. The van der Waals surface area contributed by atoms with Gasteiger partial charge in [-0.2, -0.15) is 0 Å². The second-order valence-corrected chi connectivity index (χ2v) is 6.79. The van der Waals surface area contributed by atoms with Gasteiger partial charge in [0, 0.05) is 10.1 Å². The zero-order valence-corrected chi connectivity index (χ0v) is 14.7. The molecule has 3 aromatic rings. The number of carbonyl (C=O) groups excluding carboxylic acids is 1. The van der Waals surface area contributed by atoms with Crippen molar-refractivity contribution in [3.05, 3.63) is 63.7 Å². The molecule has 0 aliphatic heterocycles. The fourth-order valence-corrected chi connectivity index (χ4v) is 3.89. The van der Waals surface area contributed by atoms with Gasteiger partial charge in [0.15, 0.2) is 0 Å². The van der Waals surface area contributed by atoms with E-state index < -0.39 is 0 Å².